The second-order valence-electron chi connectivity index (χ2n) is 2.46. The Balaban J connectivity index is 4.55. The van der Waals surface area contributed by atoms with Gasteiger partial charge in [-0.3, -0.25) is 9.59 Å². The molecule has 0 spiro atoms. The third-order valence-electron chi connectivity index (χ3n) is 1.30. The maximum absolute atomic E-state index is 11.2. The van der Waals surface area contributed by atoms with Crippen LogP contribution < -0.4 is 0 Å². The Labute approximate surface area is 66.7 Å². The highest BCUT2D eigenvalue weighted by molar-refractivity contribution is 6.18. The highest BCUT2D eigenvalue weighted by atomic mass is 16.2. The second-order valence-corrected chi connectivity index (χ2v) is 2.46. The van der Waals surface area contributed by atoms with Gasteiger partial charge in [0.2, 0.25) is 0 Å². The van der Waals surface area contributed by atoms with E-state index in [0.29, 0.717) is 0 Å². The molecule has 0 saturated heterocycles. The zero-order chi connectivity index (χ0) is 9.02. The Morgan fingerprint density at radius 2 is 1.73 bits per heavy atom. The van der Waals surface area contributed by atoms with Gasteiger partial charge >= 0.3 is 0 Å². The van der Waals surface area contributed by atoms with E-state index in [9.17, 15) is 9.59 Å². The number of Topliss-reactive ketones (excluding diaryl/α,β-unsaturated/α-hetero) is 1. The molecule has 0 aromatic carbocycles. The Kier molecular flexibility index (Phi) is 3.51. The number of amides is 1. The van der Waals surface area contributed by atoms with E-state index < -0.39 is 0 Å². The van der Waals surface area contributed by atoms with Gasteiger partial charge in [0.05, 0.1) is 5.57 Å². The lowest BCUT2D eigenvalue weighted by atomic mass is 10.1. The van der Waals surface area contributed by atoms with Crippen molar-refractivity contribution in [2.45, 2.75) is 13.8 Å². The first kappa shape index (κ1) is 9.88. The highest BCUT2D eigenvalue weighted by Gasteiger charge is 2.13. The Morgan fingerprint density at radius 1 is 1.27 bits per heavy atom. The van der Waals surface area contributed by atoms with Crippen molar-refractivity contribution in [3.8, 4) is 0 Å². The van der Waals surface area contributed by atoms with Crippen LogP contribution in [0.4, 0.5) is 0 Å². The molecular formula is C8H13NO2. The second kappa shape index (κ2) is 3.91. The zero-order valence-electron chi connectivity index (χ0n) is 7.34. The molecule has 0 N–H and O–H groups in total. The Hall–Kier alpha value is -1.12. The summed E-state index contributed by atoms with van der Waals surface area (Å²) in [5.74, 6) is -0.425. The van der Waals surface area contributed by atoms with E-state index in [1.807, 2.05) is 0 Å². The quantitative estimate of drug-likeness (QED) is 0.333. The molecule has 0 aliphatic carbocycles. The number of hydrogen-bond donors (Lipinski definition) is 0. The topological polar surface area (TPSA) is 37.4 Å². The van der Waals surface area contributed by atoms with Crippen LogP contribution in [0.15, 0.2) is 11.6 Å². The summed E-state index contributed by atoms with van der Waals surface area (Å²) in [6.45, 7) is 3.06. The first-order chi connectivity index (χ1) is 5.00. The van der Waals surface area contributed by atoms with E-state index >= 15 is 0 Å². The Morgan fingerprint density at radius 3 is 1.82 bits per heavy atom. The summed E-state index contributed by atoms with van der Waals surface area (Å²) in [5.41, 5.74) is 0.245. The lowest BCUT2D eigenvalue weighted by Crippen LogP contribution is -2.26. The fourth-order valence-corrected chi connectivity index (χ4v) is 0.718. The summed E-state index contributed by atoms with van der Waals surface area (Å²) in [7, 11) is 3.24. The largest absolute Gasteiger partial charge is 0.345 e. The molecule has 0 aliphatic rings. The van der Waals surface area contributed by atoms with Gasteiger partial charge < -0.3 is 4.90 Å². The van der Waals surface area contributed by atoms with Crippen molar-refractivity contribution >= 4 is 11.7 Å². The number of hydrogen-bond acceptors (Lipinski definition) is 2. The molecule has 0 atom stereocenters. The van der Waals surface area contributed by atoms with E-state index in [2.05, 4.69) is 0 Å². The molecule has 0 rings (SSSR count). The average molecular weight is 155 g/mol. The monoisotopic (exact) mass is 155 g/mol. The van der Waals surface area contributed by atoms with Crippen molar-refractivity contribution in [1.29, 1.82) is 0 Å². The van der Waals surface area contributed by atoms with Gasteiger partial charge in [-0.15, -0.1) is 0 Å². The summed E-state index contributed by atoms with van der Waals surface area (Å²) in [4.78, 5) is 23.3. The molecule has 1 amide bonds. The SMILES string of the molecule is C/C=C(/C(C)=O)C(=O)N(C)C. The average Bonchev–Trinajstić information content (AvgIpc) is 1.88. The standard InChI is InChI=1S/C8H13NO2/c1-5-7(6(2)10)8(11)9(3)4/h5H,1-4H3/b7-5-. The Bertz CT molecular complexity index is 204. The van der Waals surface area contributed by atoms with Gasteiger partial charge in [0.25, 0.3) is 5.91 Å². The molecule has 11 heavy (non-hydrogen) atoms. The number of rotatable bonds is 2. The van der Waals surface area contributed by atoms with Crippen molar-refractivity contribution in [2.24, 2.45) is 0 Å². The molecule has 0 fully saturated rings. The van der Waals surface area contributed by atoms with Gasteiger partial charge in [0.1, 0.15) is 0 Å². The molecule has 0 radical (unpaired) electrons. The summed E-state index contributed by atoms with van der Waals surface area (Å²) in [6, 6.07) is 0. The number of allylic oxidation sites excluding steroid dienone is 1. The zero-order valence-corrected chi connectivity index (χ0v) is 7.34. The maximum atomic E-state index is 11.2. The van der Waals surface area contributed by atoms with Gasteiger partial charge in [-0.2, -0.15) is 0 Å². The number of nitrogens with zero attached hydrogens (tertiary/aromatic N) is 1. The molecule has 0 aliphatic heterocycles. The highest BCUT2D eigenvalue weighted by Crippen LogP contribution is 1.99. The normalized spacial score (nSPS) is 11.1. The third-order valence-corrected chi connectivity index (χ3v) is 1.30. The molecule has 3 nitrogen and oxygen atoms in total. The van der Waals surface area contributed by atoms with Crippen LogP contribution in [0.2, 0.25) is 0 Å². The minimum atomic E-state index is -0.236. The van der Waals surface area contributed by atoms with Gasteiger partial charge in [0, 0.05) is 14.1 Å². The van der Waals surface area contributed by atoms with Crippen LogP contribution in [0.25, 0.3) is 0 Å². The summed E-state index contributed by atoms with van der Waals surface area (Å²) in [5, 5.41) is 0. The number of carbonyl (C=O) groups excluding carboxylic acids is 2. The van der Waals surface area contributed by atoms with Crippen molar-refractivity contribution in [2.75, 3.05) is 14.1 Å². The van der Waals surface area contributed by atoms with Crippen molar-refractivity contribution in [1.82, 2.24) is 4.90 Å². The smallest absolute Gasteiger partial charge is 0.256 e. The minimum Gasteiger partial charge on any atom is -0.345 e. The van der Waals surface area contributed by atoms with Crippen LogP contribution >= 0.6 is 0 Å². The maximum Gasteiger partial charge on any atom is 0.256 e. The van der Waals surface area contributed by atoms with E-state index in [4.69, 9.17) is 0 Å². The number of ketones is 1. The van der Waals surface area contributed by atoms with E-state index in [1.165, 1.54) is 17.9 Å². The molecule has 0 bridgehead atoms. The van der Waals surface area contributed by atoms with Crippen LogP contribution in [-0.4, -0.2) is 30.7 Å². The molecule has 0 saturated carbocycles. The van der Waals surface area contributed by atoms with Gasteiger partial charge in [-0.25, -0.2) is 0 Å². The fraction of sp³-hybridized carbons (Fsp3) is 0.500. The van der Waals surface area contributed by atoms with Crippen LogP contribution in [0.3, 0.4) is 0 Å². The van der Waals surface area contributed by atoms with Crippen molar-refractivity contribution in [3.63, 3.8) is 0 Å². The predicted molar refractivity (Wildman–Crippen MR) is 43.1 cm³/mol. The molecule has 0 heterocycles. The van der Waals surface area contributed by atoms with E-state index in [1.54, 1.807) is 21.0 Å². The van der Waals surface area contributed by atoms with E-state index in [0.717, 1.165) is 0 Å². The predicted octanol–water partition coefficient (Wildman–Crippen LogP) is 0.610. The summed E-state index contributed by atoms with van der Waals surface area (Å²) < 4.78 is 0. The van der Waals surface area contributed by atoms with E-state index in [-0.39, 0.29) is 17.3 Å². The fourth-order valence-electron chi connectivity index (χ4n) is 0.718. The summed E-state index contributed by atoms with van der Waals surface area (Å²) in [6.07, 6.45) is 1.53. The van der Waals surface area contributed by atoms with Gasteiger partial charge in [0.15, 0.2) is 5.78 Å². The molecule has 62 valence electrons. The lowest BCUT2D eigenvalue weighted by molar-refractivity contribution is -0.127. The lowest BCUT2D eigenvalue weighted by Gasteiger charge is -2.10. The van der Waals surface area contributed by atoms with Crippen LogP contribution in [0, 0.1) is 0 Å². The summed E-state index contributed by atoms with van der Waals surface area (Å²) >= 11 is 0. The molecule has 0 unspecified atom stereocenters. The number of likely N-dealkylation sites (N-methyl/N-ethyl adjacent to an activating group) is 1. The molecule has 3 heteroatoms. The van der Waals surface area contributed by atoms with Crippen LogP contribution in [0.1, 0.15) is 13.8 Å². The number of carbonyl (C=O) groups is 2. The third kappa shape index (κ3) is 2.53. The van der Waals surface area contributed by atoms with Crippen molar-refractivity contribution < 1.29 is 9.59 Å². The van der Waals surface area contributed by atoms with Crippen LogP contribution in [0.5, 0.6) is 0 Å². The molecule has 0 aromatic heterocycles. The first-order valence-corrected chi connectivity index (χ1v) is 3.39. The molecule has 0 aromatic rings. The minimum absolute atomic E-state index is 0.189. The van der Waals surface area contributed by atoms with Gasteiger partial charge in [-0.05, 0) is 13.8 Å². The first-order valence-electron chi connectivity index (χ1n) is 3.39. The molecular weight excluding hydrogens is 142 g/mol. The van der Waals surface area contributed by atoms with Crippen LogP contribution in [-0.2, 0) is 9.59 Å². The van der Waals surface area contributed by atoms with Crippen molar-refractivity contribution in [3.05, 3.63) is 11.6 Å². The van der Waals surface area contributed by atoms with Gasteiger partial charge in [-0.1, -0.05) is 6.08 Å².